The molecule has 0 bridgehead atoms. The molecule has 2 aromatic rings. The maximum Gasteiger partial charge on any atom is 0.420 e. The van der Waals surface area contributed by atoms with E-state index in [9.17, 15) is 9.59 Å². The van der Waals surface area contributed by atoms with Gasteiger partial charge in [-0.05, 0) is 24.3 Å². The second-order valence-electron chi connectivity index (χ2n) is 4.06. The van der Waals surface area contributed by atoms with E-state index < -0.39 is 12.0 Å². The summed E-state index contributed by atoms with van der Waals surface area (Å²) in [7, 11) is 0. The van der Waals surface area contributed by atoms with Crippen molar-refractivity contribution >= 4 is 12.0 Å². The Bertz CT molecular complexity index is 648. The van der Waals surface area contributed by atoms with E-state index in [1.807, 2.05) is 11.4 Å². The third-order valence-electron chi connectivity index (χ3n) is 2.45. The number of amides is 2. The zero-order valence-electron chi connectivity index (χ0n) is 11.6. The van der Waals surface area contributed by atoms with Crippen LogP contribution in [-0.4, -0.2) is 28.5 Å². The first-order valence-electron chi connectivity index (χ1n) is 6.38. The molecule has 0 saturated heterocycles. The Morgan fingerprint density at radius 1 is 1.14 bits per heavy atom. The molecule has 2 aromatic heterocycles. The number of ether oxygens (including phenoxy) is 2. The molecule has 0 atom stereocenters. The molecule has 0 aromatic carbocycles. The minimum absolute atomic E-state index is 0.0549. The van der Waals surface area contributed by atoms with Crippen molar-refractivity contribution in [1.29, 1.82) is 0 Å². The van der Waals surface area contributed by atoms with Crippen LogP contribution in [0.5, 0.6) is 11.6 Å². The van der Waals surface area contributed by atoms with Gasteiger partial charge in [0, 0.05) is 12.4 Å². The summed E-state index contributed by atoms with van der Waals surface area (Å²) in [5.74, 6) is -0.457. The summed E-state index contributed by atoms with van der Waals surface area (Å²) in [6, 6.07) is 8.63. The molecule has 0 unspecified atom stereocenters. The highest BCUT2D eigenvalue weighted by Gasteiger charge is 2.13. The Hall–Kier alpha value is -3.00. The highest BCUT2D eigenvalue weighted by atomic mass is 16.6. The van der Waals surface area contributed by atoms with Crippen LogP contribution < -0.4 is 20.5 Å². The van der Waals surface area contributed by atoms with Gasteiger partial charge in [0.25, 0.3) is 5.88 Å². The molecular weight excluding hydrogens is 288 g/mol. The lowest BCUT2D eigenvalue weighted by molar-refractivity contribution is -0.118. The first kappa shape index (κ1) is 15.4. The highest BCUT2D eigenvalue weighted by molar-refractivity contribution is 5.93. The molecule has 2 heterocycles. The lowest BCUT2D eigenvalue weighted by Gasteiger charge is -2.10. The number of nitrogens with one attached hydrogen (secondary N) is 1. The van der Waals surface area contributed by atoms with E-state index in [1.54, 1.807) is 30.5 Å². The van der Waals surface area contributed by atoms with Crippen molar-refractivity contribution in [2.24, 2.45) is 5.73 Å². The second-order valence-corrected chi connectivity index (χ2v) is 4.06. The second kappa shape index (κ2) is 7.70. The molecule has 0 aliphatic heterocycles. The number of nitrogens with two attached hydrogens (primary N) is 1. The van der Waals surface area contributed by atoms with Crippen LogP contribution in [0.15, 0.2) is 42.7 Å². The highest BCUT2D eigenvalue weighted by Crippen LogP contribution is 2.24. The monoisotopic (exact) mass is 302 g/mol. The topological polar surface area (TPSA) is 116 Å². The molecule has 114 valence electrons. The summed E-state index contributed by atoms with van der Waals surface area (Å²) in [5, 5.41) is 1.95. The minimum Gasteiger partial charge on any atom is -0.482 e. The molecular formula is C14H14N4O4. The number of aromatic nitrogens is 2. The third kappa shape index (κ3) is 4.53. The van der Waals surface area contributed by atoms with E-state index in [2.05, 4.69) is 9.97 Å². The molecule has 0 spiro atoms. The van der Waals surface area contributed by atoms with E-state index in [0.29, 0.717) is 5.69 Å². The fourth-order valence-corrected chi connectivity index (χ4v) is 1.48. The summed E-state index contributed by atoms with van der Waals surface area (Å²) < 4.78 is 10.4. The summed E-state index contributed by atoms with van der Waals surface area (Å²) >= 11 is 0. The summed E-state index contributed by atoms with van der Waals surface area (Å²) in [6.07, 6.45) is 2.10. The van der Waals surface area contributed by atoms with Gasteiger partial charge in [-0.15, -0.1) is 0 Å². The average Bonchev–Trinajstić information content (AvgIpc) is 2.54. The minimum atomic E-state index is -0.975. The molecule has 2 amide bonds. The van der Waals surface area contributed by atoms with Crippen LogP contribution in [0.4, 0.5) is 4.79 Å². The normalized spacial score (nSPS) is 9.86. The number of hydrogen-bond acceptors (Lipinski definition) is 7. The average molecular weight is 302 g/mol. The molecule has 22 heavy (non-hydrogen) atoms. The quantitative estimate of drug-likeness (QED) is 0.831. The van der Waals surface area contributed by atoms with Gasteiger partial charge in [0.1, 0.15) is 6.61 Å². The number of pyridine rings is 2. The molecule has 0 saturated carbocycles. The van der Waals surface area contributed by atoms with Gasteiger partial charge in [-0.25, -0.2) is 9.78 Å². The predicted molar refractivity (Wildman–Crippen MR) is 76.0 cm³/mol. The number of imide groups is 1. The van der Waals surface area contributed by atoms with Gasteiger partial charge >= 0.3 is 6.09 Å². The first-order chi connectivity index (χ1) is 10.7. The fraction of sp³-hybridized carbons (Fsp3) is 0.143. The lowest BCUT2D eigenvalue weighted by atomic mass is 10.4. The smallest absolute Gasteiger partial charge is 0.420 e. The molecule has 8 nitrogen and oxygen atoms in total. The van der Waals surface area contributed by atoms with Crippen molar-refractivity contribution in [2.45, 2.75) is 6.61 Å². The predicted octanol–water partition coefficient (Wildman–Crippen LogP) is 0.629. The van der Waals surface area contributed by atoms with Crippen LogP contribution in [0.25, 0.3) is 0 Å². The van der Waals surface area contributed by atoms with Crippen LogP contribution in [0.2, 0.25) is 0 Å². The van der Waals surface area contributed by atoms with Gasteiger partial charge < -0.3 is 15.2 Å². The SMILES string of the molecule is NCC(=O)NC(=O)Oc1ncccc1OCc1ccccn1. The van der Waals surface area contributed by atoms with Crippen LogP contribution >= 0.6 is 0 Å². The Morgan fingerprint density at radius 3 is 2.68 bits per heavy atom. The van der Waals surface area contributed by atoms with Gasteiger partial charge in [-0.2, -0.15) is 0 Å². The Morgan fingerprint density at radius 2 is 1.95 bits per heavy atom. The molecule has 0 aliphatic rings. The van der Waals surface area contributed by atoms with Crippen LogP contribution in [0.1, 0.15) is 5.69 Å². The molecule has 0 aliphatic carbocycles. The molecule has 8 heteroatoms. The van der Waals surface area contributed by atoms with Crippen LogP contribution in [0.3, 0.4) is 0 Å². The first-order valence-corrected chi connectivity index (χ1v) is 6.38. The lowest BCUT2D eigenvalue weighted by Crippen LogP contribution is -2.37. The zero-order valence-corrected chi connectivity index (χ0v) is 11.6. The number of hydrogen-bond donors (Lipinski definition) is 2. The van der Waals surface area contributed by atoms with Crippen LogP contribution in [0, 0.1) is 0 Å². The van der Waals surface area contributed by atoms with E-state index >= 15 is 0 Å². The van der Waals surface area contributed by atoms with Crippen LogP contribution in [-0.2, 0) is 11.4 Å². The molecule has 0 radical (unpaired) electrons. The van der Waals surface area contributed by atoms with Crippen molar-refractivity contribution in [3.63, 3.8) is 0 Å². The number of nitrogens with zero attached hydrogens (tertiary/aromatic N) is 2. The largest absolute Gasteiger partial charge is 0.482 e. The maximum absolute atomic E-state index is 11.5. The summed E-state index contributed by atoms with van der Waals surface area (Å²) in [5.41, 5.74) is 5.80. The van der Waals surface area contributed by atoms with Crippen molar-refractivity contribution < 1.29 is 19.1 Å². The van der Waals surface area contributed by atoms with Gasteiger partial charge in [-0.1, -0.05) is 6.07 Å². The summed E-state index contributed by atoms with van der Waals surface area (Å²) in [4.78, 5) is 30.5. The van der Waals surface area contributed by atoms with Gasteiger partial charge in [-0.3, -0.25) is 15.1 Å². The fourth-order valence-electron chi connectivity index (χ4n) is 1.48. The number of rotatable bonds is 5. The Kier molecular flexibility index (Phi) is 5.38. The Balaban J connectivity index is 2.00. The molecule has 2 rings (SSSR count). The Labute approximate surface area is 126 Å². The summed E-state index contributed by atoms with van der Waals surface area (Å²) in [6.45, 7) is -0.132. The van der Waals surface area contributed by atoms with Crippen molar-refractivity contribution in [3.05, 3.63) is 48.4 Å². The van der Waals surface area contributed by atoms with E-state index in [4.69, 9.17) is 15.2 Å². The molecule has 3 N–H and O–H groups in total. The zero-order chi connectivity index (χ0) is 15.8. The van der Waals surface area contributed by atoms with E-state index in [1.165, 1.54) is 6.20 Å². The van der Waals surface area contributed by atoms with Gasteiger partial charge in [0.2, 0.25) is 5.91 Å². The maximum atomic E-state index is 11.5. The van der Waals surface area contributed by atoms with Gasteiger partial charge in [0.15, 0.2) is 5.75 Å². The third-order valence-corrected chi connectivity index (χ3v) is 2.45. The number of carbonyl (C=O) groups excluding carboxylic acids is 2. The van der Waals surface area contributed by atoms with Crippen molar-refractivity contribution in [3.8, 4) is 11.6 Å². The van der Waals surface area contributed by atoms with Gasteiger partial charge in [0.05, 0.1) is 12.2 Å². The van der Waals surface area contributed by atoms with E-state index in [0.717, 1.165) is 0 Å². The van der Waals surface area contributed by atoms with Crippen molar-refractivity contribution in [1.82, 2.24) is 15.3 Å². The van der Waals surface area contributed by atoms with E-state index in [-0.39, 0.29) is 24.8 Å². The standard InChI is InChI=1S/C14H14N4O4/c15-8-12(19)18-14(20)22-13-11(5-3-7-17-13)21-9-10-4-1-2-6-16-10/h1-7H,8-9,15H2,(H,18,19,20). The van der Waals surface area contributed by atoms with Crippen molar-refractivity contribution in [2.75, 3.05) is 6.54 Å². The molecule has 0 fully saturated rings. The number of carbonyl (C=O) groups is 2.